The minimum atomic E-state index is -1.64. The van der Waals surface area contributed by atoms with Crippen LogP contribution < -0.4 is 0 Å². The summed E-state index contributed by atoms with van der Waals surface area (Å²) in [5.41, 5.74) is -0.161. The third kappa shape index (κ3) is 35.4. The van der Waals surface area contributed by atoms with Gasteiger partial charge in [-0.1, -0.05) is 310 Å². The monoisotopic (exact) mass is 1150 g/mol. The molecule has 12 nitrogen and oxygen atoms in total. The zero-order chi connectivity index (χ0) is 60.3. The number of rotatable bonds is 52. The van der Waals surface area contributed by atoms with Gasteiger partial charge in [-0.05, 0) is 55.2 Å². The summed E-state index contributed by atoms with van der Waals surface area (Å²) < 4.78 is 17.2. The van der Waals surface area contributed by atoms with Crippen molar-refractivity contribution in [3.8, 4) is 0 Å². The summed E-state index contributed by atoms with van der Waals surface area (Å²) in [6, 6.07) is 29.1. The largest absolute Gasteiger partial charge is 0.481 e. The van der Waals surface area contributed by atoms with Gasteiger partial charge < -0.3 is 29.5 Å². The summed E-state index contributed by atoms with van der Waals surface area (Å²) in [6.07, 6.45) is 37.4. The molecule has 3 N–H and O–H groups in total. The van der Waals surface area contributed by atoms with E-state index in [4.69, 9.17) is 19.3 Å². The summed E-state index contributed by atoms with van der Waals surface area (Å²) in [4.78, 5) is 74.3. The first-order chi connectivity index (χ1) is 40.4. The summed E-state index contributed by atoms with van der Waals surface area (Å²) in [5, 5.41) is 27.9. The highest BCUT2D eigenvalue weighted by atomic mass is 16.6. The molecule has 0 aliphatic rings. The van der Waals surface area contributed by atoms with E-state index < -0.39 is 40.7 Å². The van der Waals surface area contributed by atoms with Crippen LogP contribution in [0.5, 0.6) is 0 Å². The number of carboxylic acid groups (broad SMARTS) is 3. The van der Waals surface area contributed by atoms with Gasteiger partial charge in [0.05, 0.1) is 0 Å². The molecule has 83 heavy (non-hydrogen) atoms. The number of unbranched alkanes of at least 4 members (excludes halogenated alkanes) is 30. The first-order valence-corrected chi connectivity index (χ1v) is 32.7. The van der Waals surface area contributed by atoms with Crippen molar-refractivity contribution in [1.29, 1.82) is 0 Å². The van der Waals surface area contributed by atoms with Gasteiger partial charge in [-0.2, -0.15) is 0 Å². The number of aliphatic carboxylic acids is 3. The lowest BCUT2D eigenvalue weighted by Crippen LogP contribution is -2.42. The van der Waals surface area contributed by atoms with Crippen LogP contribution in [0.3, 0.4) is 0 Å². The predicted molar refractivity (Wildman–Crippen MR) is 333 cm³/mol. The maximum absolute atomic E-state index is 14.0. The van der Waals surface area contributed by atoms with E-state index in [-0.39, 0.29) is 38.4 Å². The predicted octanol–water partition coefficient (Wildman–Crippen LogP) is 19.1. The first-order valence-electron chi connectivity index (χ1n) is 32.7. The quantitative estimate of drug-likeness (QED) is 0.0210. The number of ether oxygens (including phenoxy) is 3. The molecular formula is C71H110O12. The molecule has 0 heterocycles. The molecule has 0 saturated heterocycles. The molecule has 3 aromatic rings. The maximum Gasteiger partial charge on any atom is 0.323 e. The van der Waals surface area contributed by atoms with Crippen LogP contribution in [-0.4, -0.2) is 51.1 Å². The van der Waals surface area contributed by atoms with Gasteiger partial charge in [-0.15, -0.1) is 0 Å². The van der Waals surface area contributed by atoms with Gasteiger partial charge in [-0.3, -0.25) is 28.8 Å². The zero-order valence-corrected chi connectivity index (χ0v) is 51.6. The second-order valence-electron chi connectivity index (χ2n) is 23.3. The summed E-state index contributed by atoms with van der Waals surface area (Å²) in [6.45, 7) is 5.04. The van der Waals surface area contributed by atoms with E-state index >= 15 is 0 Å². The van der Waals surface area contributed by atoms with Crippen molar-refractivity contribution in [1.82, 2.24) is 0 Å². The van der Waals surface area contributed by atoms with Gasteiger partial charge in [-0.25, -0.2) is 0 Å². The highest BCUT2D eigenvalue weighted by Crippen LogP contribution is 2.37. The van der Waals surface area contributed by atoms with Crippen LogP contribution in [0.1, 0.15) is 287 Å². The van der Waals surface area contributed by atoms with Gasteiger partial charge in [0.2, 0.25) is 0 Å². The summed E-state index contributed by atoms with van der Waals surface area (Å²) in [7, 11) is 0. The molecule has 0 bridgehead atoms. The molecular weight excluding hydrogens is 1040 g/mol. The standard InChI is InChI=1S/C46H64O6.C25H46O6/c1-2-3-4-5-6-8-11-14-26-35-46(44(48)51-38-41-30-21-17-22-31-41,45(49)52-39-42-32-23-18-24-33-42)36-27-15-12-9-7-10-13-25-34-43(47)50-37-40-28-19-16-20-29-40;1-2-3-4-5-6-8-11-14-17-20-25(23(28)29,24(30)31)21-18-15-12-9-7-10-13-16-19-22(26)27/h16-24,28-33H,2-15,25-27,34-39H2,1H3;2-21H2,1H3,(H,26,27)(H,28,29)(H,30,31). The molecule has 0 aliphatic heterocycles. The number of carbonyl (C=O) groups excluding carboxylic acids is 3. The normalized spacial score (nSPS) is 11.3. The van der Waals surface area contributed by atoms with Crippen LogP contribution in [0, 0.1) is 10.8 Å². The Kier molecular flexibility index (Phi) is 43.3. The van der Waals surface area contributed by atoms with Gasteiger partial charge >= 0.3 is 35.8 Å². The minimum Gasteiger partial charge on any atom is -0.481 e. The fraction of sp³-hybridized carbons (Fsp3) is 0.662. The molecule has 0 amide bonds. The van der Waals surface area contributed by atoms with Crippen LogP contribution in [0.4, 0.5) is 0 Å². The first kappa shape index (κ1) is 73.6. The summed E-state index contributed by atoms with van der Waals surface area (Å²) in [5.74, 6) is -4.20. The fourth-order valence-corrected chi connectivity index (χ4v) is 10.8. The lowest BCUT2D eigenvalue weighted by Gasteiger charge is -2.30. The lowest BCUT2D eigenvalue weighted by atomic mass is 9.77. The minimum absolute atomic E-state index is 0.135. The average molecular weight is 1160 g/mol. The van der Waals surface area contributed by atoms with E-state index in [0.29, 0.717) is 45.1 Å². The Hall–Kier alpha value is -5.52. The molecule has 0 fully saturated rings. The number of hydrogen-bond donors (Lipinski definition) is 3. The number of carbonyl (C=O) groups is 6. The number of esters is 3. The average Bonchev–Trinajstić information content (AvgIpc) is 3.69. The highest BCUT2D eigenvalue weighted by Gasteiger charge is 2.48. The molecule has 0 aromatic heterocycles. The molecule has 0 aliphatic carbocycles. The summed E-state index contributed by atoms with van der Waals surface area (Å²) >= 11 is 0. The van der Waals surface area contributed by atoms with Crippen molar-refractivity contribution >= 4 is 35.8 Å². The smallest absolute Gasteiger partial charge is 0.323 e. The number of hydrogen-bond acceptors (Lipinski definition) is 9. The second-order valence-corrected chi connectivity index (χ2v) is 23.3. The van der Waals surface area contributed by atoms with Crippen LogP contribution in [0.15, 0.2) is 91.0 Å². The van der Waals surface area contributed by atoms with E-state index in [0.717, 1.165) is 145 Å². The Balaban J connectivity index is 0.000000649. The van der Waals surface area contributed by atoms with Crippen LogP contribution >= 0.6 is 0 Å². The molecule has 0 spiro atoms. The van der Waals surface area contributed by atoms with Crippen molar-refractivity contribution < 1.29 is 58.3 Å². The van der Waals surface area contributed by atoms with Crippen molar-refractivity contribution in [3.63, 3.8) is 0 Å². The van der Waals surface area contributed by atoms with Crippen molar-refractivity contribution in [2.45, 2.75) is 291 Å². The molecule has 466 valence electrons. The third-order valence-corrected chi connectivity index (χ3v) is 16.2. The fourth-order valence-electron chi connectivity index (χ4n) is 10.8. The Morgan fingerprint density at radius 1 is 0.313 bits per heavy atom. The lowest BCUT2D eigenvalue weighted by molar-refractivity contribution is -0.176. The van der Waals surface area contributed by atoms with Gasteiger partial charge in [0.25, 0.3) is 0 Å². The van der Waals surface area contributed by atoms with E-state index in [1.165, 1.54) is 70.6 Å². The van der Waals surface area contributed by atoms with Crippen LogP contribution in [-0.2, 0) is 62.8 Å². The Labute approximate surface area is 501 Å². The van der Waals surface area contributed by atoms with Crippen molar-refractivity contribution in [2.24, 2.45) is 10.8 Å². The maximum atomic E-state index is 14.0. The van der Waals surface area contributed by atoms with E-state index in [1.54, 1.807) is 0 Å². The van der Waals surface area contributed by atoms with Gasteiger partial charge in [0.15, 0.2) is 10.8 Å². The molecule has 0 saturated carbocycles. The van der Waals surface area contributed by atoms with E-state index in [2.05, 4.69) is 13.8 Å². The van der Waals surface area contributed by atoms with E-state index in [1.807, 2.05) is 91.0 Å². The van der Waals surface area contributed by atoms with E-state index in [9.17, 15) is 39.0 Å². The third-order valence-electron chi connectivity index (χ3n) is 16.2. The molecule has 12 heteroatoms. The molecule has 0 atom stereocenters. The van der Waals surface area contributed by atoms with Crippen LogP contribution in [0.2, 0.25) is 0 Å². The molecule has 0 radical (unpaired) electrons. The van der Waals surface area contributed by atoms with Gasteiger partial charge in [0.1, 0.15) is 19.8 Å². The number of benzene rings is 3. The van der Waals surface area contributed by atoms with Gasteiger partial charge in [0, 0.05) is 12.8 Å². The molecule has 0 unspecified atom stereocenters. The Bertz CT molecular complexity index is 2040. The van der Waals surface area contributed by atoms with Crippen molar-refractivity contribution in [3.05, 3.63) is 108 Å². The SMILES string of the molecule is CCCCCCCCCCCC(CCCCCCCCCCC(=O)O)(C(=O)O)C(=O)O.CCCCCCCCCCCC(CCCCCCCCCCC(=O)OCc1ccccc1)(C(=O)OCc1ccccc1)C(=O)OCc1ccccc1. The molecule has 3 rings (SSSR count). The Morgan fingerprint density at radius 3 is 0.855 bits per heavy atom. The Morgan fingerprint density at radius 2 is 0.566 bits per heavy atom. The van der Waals surface area contributed by atoms with Crippen LogP contribution in [0.25, 0.3) is 0 Å². The zero-order valence-electron chi connectivity index (χ0n) is 51.6. The highest BCUT2D eigenvalue weighted by molar-refractivity contribution is 6.00. The second kappa shape index (κ2) is 48.8. The molecule has 3 aromatic carbocycles. The van der Waals surface area contributed by atoms with Crippen molar-refractivity contribution in [2.75, 3.05) is 0 Å². The number of carboxylic acids is 3. The topological polar surface area (TPSA) is 191 Å².